The van der Waals surface area contributed by atoms with Crippen LogP contribution in [0, 0.1) is 6.92 Å². The smallest absolute Gasteiger partial charge is 0.346 e. The Hall–Kier alpha value is -3.46. The lowest BCUT2D eigenvalue weighted by Gasteiger charge is -2.20. The van der Waals surface area contributed by atoms with Gasteiger partial charge in [0.2, 0.25) is 0 Å². The minimum absolute atomic E-state index is 0.461. The molecule has 0 aromatic heterocycles. The van der Waals surface area contributed by atoms with Crippen molar-refractivity contribution >= 4 is 55.0 Å². The van der Waals surface area contributed by atoms with Crippen LogP contribution in [0.3, 0.4) is 0 Å². The van der Waals surface area contributed by atoms with Crippen molar-refractivity contribution in [3.8, 4) is 0 Å². The van der Waals surface area contributed by atoms with E-state index in [9.17, 15) is 9.59 Å². The minimum Gasteiger partial charge on any atom is -0.386 e. The highest BCUT2D eigenvalue weighted by Crippen LogP contribution is 2.43. The second kappa shape index (κ2) is 4.38. The summed E-state index contributed by atoms with van der Waals surface area (Å²) in [6.07, 6.45) is 0. The van der Waals surface area contributed by atoms with Gasteiger partial charge in [-0.1, -0.05) is 42.5 Å². The first kappa shape index (κ1) is 13.8. The zero-order chi connectivity index (χ0) is 17.6. The number of ether oxygens (including phenoxy) is 1. The van der Waals surface area contributed by atoms with Gasteiger partial charge in [0.15, 0.2) is 0 Å². The molecule has 0 saturated heterocycles. The lowest BCUT2D eigenvalue weighted by molar-refractivity contribution is 0.0391. The molecule has 1 aliphatic heterocycles. The minimum atomic E-state index is -0.570. The Labute approximate surface area is 148 Å². The number of esters is 2. The highest BCUT2D eigenvalue weighted by atomic mass is 16.6. The van der Waals surface area contributed by atoms with Crippen LogP contribution in [0.1, 0.15) is 26.3 Å². The molecule has 1 aliphatic rings. The highest BCUT2D eigenvalue weighted by molar-refractivity contribution is 6.37. The quantitative estimate of drug-likeness (QED) is 0.166. The van der Waals surface area contributed by atoms with Crippen molar-refractivity contribution in [3.63, 3.8) is 0 Å². The predicted molar refractivity (Wildman–Crippen MR) is 102 cm³/mol. The molecule has 0 bridgehead atoms. The van der Waals surface area contributed by atoms with Crippen molar-refractivity contribution in [3.05, 3.63) is 71.3 Å². The normalized spacial score (nSPS) is 14.0. The van der Waals surface area contributed by atoms with Crippen LogP contribution in [0.15, 0.2) is 54.6 Å². The molecule has 0 unspecified atom stereocenters. The van der Waals surface area contributed by atoms with Crippen molar-refractivity contribution in [1.82, 2.24) is 0 Å². The summed E-state index contributed by atoms with van der Waals surface area (Å²) in [4.78, 5) is 24.5. The highest BCUT2D eigenvalue weighted by Gasteiger charge is 2.29. The molecule has 0 spiro atoms. The molecular formula is C23H12O3. The fourth-order valence-corrected chi connectivity index (χ4v) is 4.48. The Balaban J connectivity index is 2.02. The largest absolute Gasteiger partial charge is 0.386 e. The molecule has 6 rings (SSSR count). The van der Waals surface area contributed by atoms with Crippen LogP contribution in [0.5, 0.6) is 0 Å². The number of rotatable bonds is 0. The summed E-state index contributed by atoms with van der Waals surface area (Å²) in [6.45, 7) is 2.12. The number of carbonyl (C=O) groups excluding carboxylic acids is 2. The number of hydrogen-bond acceptors (Lipinski definition) is 3. The van der Waals surface area contributed by atoms with Crippen LogP contribution in [0.4, 0.5) is 0 Å². The Morgan fingerprint density at radius 2 is 1.12 bits per heavy atom. The van der Waals surface area contributed by atoms with Crippen LogP contribution in [0.25, 0.3) is 43.1 Å². The molecule has 3 heteroatoms. The maximum Gasteiger partial charge on any atom is 0.346 e. The summed E-state index contributed by atoms with van der Waals surface area (Å²) in [5, 5.41) is 8.55. The zero-order valence-corrected chi connectivity index (χ0v) is 13.9. The van der Waals surface area contributed by atoms with E-state index < -0.39 is 11.9 Å². The molecular weight excluding hydrogens is 324 g/mol. The van der Waals surface area contributed by atoms with Crippen LogP contribution in [-0.4, -0.2) is 11.9 Å². The van der Waals surface area contributed by atoms with E-state index in [1.807, 2.05) is 12.1 Å². The third-order valence-electron chi connectivity index (χ3n) is 5.62. The van der Waals surface area contributed by atoms with Crippen molar-refractivity contribution in [2.45, 2.75) is 6.92 Å². The van der Waals surface area contributed by atoms with E-state index in [2.05, 4.69) is 37.3 Å². The average Bonchev–Trinajstić information content (AvgIpc) is 2.66. The van der Waals surface area contributed by atoms with E-state index in [0.717, 1.165) is 26.9 Å². The molecule has 0 fully saturated rings. The number of hydrogen-bond donors (Lipinski definition) is 0. The first-order chi connectivity index (χ1) is 12.6. The number of benzene rings is 5. The van der Waals surface area contributed by atoms with Crippen molar-refractivity contribution in [1.29, 1.82) is 0 Å². The van der Waals surface area contributed by atoms with E-state index in [4.69, 9.17) is 4.74 Å². The van der Waals surface area contributed by atoms with Crippen LogP contribution < -0.4 is 0 Å². The maximum absolute atomic E-state index is 12.2. The molecule has 0 radical (unpaired) electrons. The van der Waals surface area contributed by atoms with Gasteiger partial charge < -0.3 is 4.74 Å². The third-order valence-corrected chi connectivity index (χ3v) is 5.62. The second-order valence-electron chi connectivity index (χ2n) is 6.91. The van der Waals surface area contributed by atoms with E-state index in [1.165, 1.54) is 16.3 Å². The van der Waals surface area contributed by atoms with Crippen LogP contribution in [0.2, 0.25) is 0 Å². The molecule has 5 aromatic rings. The second-order valence-corrected chi connectivity index (χ2v) is 6.91. The van der Waals surface area contributed by atoms with Crippen molar-refractivity contribution in [2.75, 3.05) is 0 Å². The predicted octanol–water partition coefficient (Wildman–Crippen LogP) is 5.36. The first-order valence-corrected chi connectivity index (χ1v) is 8.54. The molecule has 26 heavy (non-hydrogen) atoms. The van der Waals surface area contributed by atoms with Gasteiger partial charge in [0.1, 0.15) is 0 Å². The molecule has 0 amide bonds. The SMILES string of the molecule is Cc1ccc2c3ccc4c5c(ccc(c6cccc1c62)c53)C(=O)OC4=O. The molecule has 1 heterocycles. The summed E-state index contributed by atoms with van der Waals surface area (Å²) in [6, 6.07) is 18.1. The molecule has 0 aliphatic carbocycles. The van der Waals surface area contributed by atoms with E-state index >= 15 is 0 Å². The number of carbonyl (C=O) groups is 2. The Morgan fingerprint density at radius 1 is 0.577 bits per heavy atom. The lowest BCUT2D eigenvalue weighted by atomic mass is 9.85. The van der Waals surface area contributed by atoms with Gasteiger partial charge in [0.05, 0.1) is 11.1 Å². The molecule has 0 atom stereocenters. The van der Waals surface area contributed by atoms with Gasteiger partial charge in [-0.05, 0) is 62.3 Å². The van der Waals surface area contributed by atoms with Crippen LogP contribution >= 0.6 is 0 Å². The number of cyclic esters (lactones) is 2. The summed E-state index contributed by atoms with van der Waals surface area (Å²) in [7, 11) is 0. The fraction of sp³-hybridized carbons (Fsp3) is 0.0435. The Bertz CT molecular complexity index is 1370. The van der Waals surface area contributed by atoms with Gasteiger partial charge in [-0.2, -0.15) is 0 Å². The average molecular weight is 336 g/mol. The van der Waals surface area contributed by atoms with Crippen LogP contribution in [-0.2, 0) is 4.74 Å². The van der Waals surface area contributed by atoms with Crippen molar-refractivity contribution in [2.24, 2.45) is 0 Å². The summed E-state index contributed by atoms with van der Waals surface area (Å²) >= 11 is 0. The van der Waals surface area contributed by atoms with Gasteiger partial charge in [-0.15, -0.1) is 0 Å². The summed E-state index contributed by atoms with van der Waals surface area (Å²) < 4.78 is 4.90. The Kier molecular flexibility index (Phi) is 2.32. The van der Waals surface area contributed by atoms with E-state index in [1.54, 1.807) is 12.1 Å². The number of fused-ring (bicyclic) bond motifs is 2. The topological polar surface area (TPSA) is 43.4 Å². The molecule has 5 aromatic carbocycles. The molecule has 0 saturated carbocycles. The number of aryl methyl sites for hydroxylation is 1. The van der Waals surface area contributed by atoms with Gasteiger partial charge >= 0.3 is 11.9 Å². The molecule has 3 nitrogen and oxygen atoms in total. The standard InChI is InChI=1S/C23H12O3/c1-11-5-6-14-16-8-10-18-21-17(22(24)26-23(18)25)9-7-15(20(16)21)13-4-2-3-12(11)19(13)14/h2-10H,1H3. The van der Waals surface area contributed by atoms with Gasteiger partial charge in [0.25, 0.3) is 0 Å². The van der Waals surface area contributed by atoms with E-state index in [-0.39, 0.29) is 0 Å². The van der Waals surface area contributed by atoms with Gasteiger partial charge in [0, 0.05) is 5.39 Å². The first-order valence-electron chi connectivity index (χ1n) is 8.54. The van der Waals surface area contributed by atoms with E-state index in [0.29, 0.717) is 16.5 Å². The van der Waals surface area contributed by atoms with Gasteiger partial charge in [-0.25, -0.2) is 9.59 Å². The van der Waals surface area contributed by atoms with Crippen molar-refractivity contribution < 1.29 is 14.3 Å². The zero-order valence-electron chi connectivity index (χ0n) is 13.9. The van der Waals surface area contributed by atoms with Gasteiger partial charge in [-0.3, -0.25) is 0 Å². The monoisotopic (exact) mass is 336 g/mol. The maximum atomic E-state index is 12.2. The lowest BCUT2D eigenvalue weighted by Crippen LogP contribution is -2.19. The molecule has 122 valence electrons. The molecule has 0 N–H and O–H groups in total. The summed E-state index contributed by atoms with van der Waals surface area (Å²) in [5.74, 6) is -1.14. The third kappa shape index (κ3) is 1.45. The Morgan fingerprint density at radius 3 is 1.81 bits per heavy atom. The summed E-state index contributed by atoms with van der Waals surface area (Å²) in [5.41, 5.74) is 2.16. The fourth-order valence-electron chi connectivity index (χ4n) is 4.48.